The number of fused-ring (bicyclic) bond motifs is 1. The smallest absolute Gasteiger partial charge is 0.119 e. The highest BCUT2D eigenvalue weighted by molar-refractivity contribution is 7.00. The molecule has 6 rings (SSSR count). The van der Waals surface area contributed by atoms with E-state index in [2.05, 4.69) is 84.9 Å². The fraction of sp³-hybridized carbons (Fsp3) is 0.167. The van der Waals surface area contributed by atoms with Crippen LogP contribution in [0.4, 0.5) is 0 Å². The molecule has 0 amide bonds. The Labute approximate surface area is 245 Å². The van der Waals surface area contributed by atoms with Gasteiger partial charge in [-0.15, -0.1) is 0 Å². The first kappa shape index (κ1) is 26.7. The lowest BCUT2D eigenvalue weighted by Gasteiger charge is -2.11. The Morgan fingerprint density at radius 3 is 1.02 bits per heavy atom. The molecule has 0 fully saturated rings. The SMILES string of the molecule is CC(C)Oc1ccc(-c2ccc(-c3ccc(-c4ccc(-c5ccc(OC(C)C)cc5)cc4)c4nsnc34)cc2)cc1. The van der Waals surface area contributed by atoms with E-state index in [-0.39, 0.29) is 12.2 Å². The first-order valence-electron chi connectivity index (χ1n) is 13.9. The number of aromatic nitrogens is 2. The van der Waals surface area contributed by atoms with Crippen LogP contribution in [0.2, 0.25) is 0 Å². The molecule has 1 heterocycles. The Bertz CT molecular complexity index is 1620. The molecule has 0 aliphatic rings. The third-order valence-corrected chi connectivity index (χ3v) is 7.45. The summed E-state index contributed by atoms with van der Waals surface area (Å²) in [5.74, 6) is 1.78. The summed E-state index contributed by atoms with van der Waals surface area (Å²) in [6, 6.07) is 38.1. The molecular formula is C36H32N2O2S. The van der Waals surface area contributed by atoms with Crippen molar-refractivity contribution in [2.75, 3.05) is 0 Å². The van der Waals surface area contributed by atoms with Gasteiger partial charge in [0.2, 0.25) is 0 Å². The maximum absolute atomic E-state index is 5.78. The van der Waals surface area contributed by atoms with Gasteiger partial charge in [-0.1, -0.05) is 84.9 Å². The van der Waals surface area contributed by atoms with E-state index in [0.717, 1.165) is 67.0 Å². The van der Waals surface area contributed by atoms with E-state index in [1.54, 1.807) is 0 Å². The Balaban J connectivity index is 1.24. The molecule has 6 aromatic rings. The zero-order chi connectivity index (χ0) is 28.3. The minimum absolute atomic E-state index is 0.163. The van der Waals surface area contributed by atoms with Gasteiger partial charge in [-0.05, 0) is 85.3 Å². The summed E-state index contributed by atoms with van der Waals surface area (Å²) in [4.78, 5) is 0. The minimum atomic E-state index is 0.163. The molecule has 0 N–H and O–H groups in total. The summed E-state index contributed by atoms with van der Waals surface area (Å²) < 4.78 is 20.9. The van der Waals surface area contributed by atoms with E-state index < -0.39 is 0 Å². The Hall–Kier alpha value is -4.48. The average molecular weight is 557 g/mol. The summed E-state index contributed by atoms with van der Waals surface area (Å²) >= 11 is 1.26. The molecule has 0 radical (unpaired) electrons. The number of benzene rings is 5. The van der Waals surface area contributed by atoms with Crippen LogP contribution >= 0.6 is 11.7 Å². The molecule has 204 valence electrons. The molecule has 0 saturated heterocycles. The van der Waals surface area contributed by atoms with Crippen molar-refractivity contribution in [2.45, 2.75) is 39.9 Å². The van der Waals surface area contributed by atoms with Gasteiger partial charge in [0.25, 0.3) is 0 Å². The Morgan fingerprint density at radius 1 is 0.415 bits per heavy atom. The van der Waals surface area contributed by atoms with E-state index in [1.807, 2.05) is 52.0 Å². The summed E-state index contributed by atoms with van der Waals surface area (Å²) in [6.45, 7) is 8.15. The quantitative estimate of drug-likeness (QED) is 0.187. The van der Waals surface area contributed by atoms with Crippen LogP contribution in [0.15, 0.2) is 109 Å². The van der Waals surface area contributed by atoms with E-state index in [0.29, 0.717) is 0 Å². The third-order valence-electron chi connectivity index (χ3n) is 6.93. The average Bonchev–Trinajstić information content (AvgIpc) is 3.48. The highest BCUT2D eigenvalue weighted by atomic mass is 32.1. The lowest BCUT2D eigenvalue weighted by atomic mass is 9.95. The van der Waals surface area contributed by atoms with Crippen LogP contribution in [0.25, 0.3) is 55.5 Å². The van der Waals surface area contributed by atoms with Crippen molar-refractivity contribution < 1.29 is 9.47 Å². The van der Waals surface area contributed by atoms with Crippen molar-refractivity contribution in [2.24, 2.45) is 0 Å². The Morgan fingerprint density at radius 2 is 0.707 bits per heavy atom. The molecule has 5 aromatic carbocycles. The maximum atomic E-state index is 5.78. The molecule has 4 nitrogen and oxygen atoms in total. The van der Waals surface area contributed by atoms with E-state index in [9.17, 15) is 0 Å². The second kappa shape index (κ2) is 11.6. The van der Waals surface area contributed by atoms with E-state index in [1.165, 1.54) is 11.7 Å². The molecule has 0 unspecified atom stereocenters. The molecule has 0 aliphatic carbocycles. The van der Waals surface area contributed by atoms with Crippen LogP contribution in [0, 0.1) is 0 Å². The van der Waals surface area contributed by atoms with Crippen molar-refractivity contribution in [3.8, 4) is 56.0 Å². The largest absolute Gasteiger partial charge is 0.491 e. The van der Waals surface area contributed by atoms with Gasteiger partial charge in [0.15, 0.2) is 0 Å². The highest BCUT2D eigenvalue weighted by Crippen LogP contribution is 2.36. The zero-order valence-corrected chi connectivity index (χ0v) is 24.5. The number of rotatable bonds is 8. The number of hydrogen-bond donors (Lipinski definition) is 0. The molecule has 0 aliphatic heterocycles. The van der Waals surface area contributed by atoms with Crippen molar-refractivity contribution in [1.29, 1.82) is 0 Å². The van der Waals surface area contributed by atoms with Gasteiger partial charge in [-0.3, -0.25) is 0 Å². The third kappa shape index (κ3) is 5.86. The maximum Gasteiger partial charge on any atom is 0.119 e. The van der Waals surface area contributed by atoms with E-state index in [4.69, 9.17) is 18.2 Å². The second-order valence-electron chi connectivity index (χ2n) is 10.7. The zero-order valence-electron chi connectivity index (χ0n) is 23.7. The fourth-order valence-electron chi connectivity index (χ4n) is 5.01. The molecule has 0 bridgehead atoms. The summed E-state index contributed by atoms with van der Waals surface area (Å²) in [6.07, 6.45) is 0.326. The lowest BCUT2D eigenvalue weighted by Crippen LogP contribution is -2.05. The van der Waals surface area contributed by atoms with Gasteiger partial charge in [0.05, 0.1) is 23.9 Å². The van der Waals surface area contributed by atoms with Gasteiger partial charge in [0.1, 0.15) is 22.5 Å². The molecule has 1 aromatic heterocycles. The van der Waals surface area contributed by atoms with Gasteiger partial charge in [0, 0.05) is 11.1 Å². The van der Waals surface area contributed by atoms with Crippen LogP contribution in [-0.4, -0.2) is 21.0 Å². The monoisotopic (exact) mass is 556 g/mol. The molecule has 0 spiro atoms. The highest BCUT2D eigenvalue weighted by Gasteiger charge is 2.14. The van der Waals surface area contributed by atoms with Gasteiger partial charge in [-0.25, -0.2) is 0 Å². The molecule has 41 heavy (non-hydrogen) atoms. The van der Waals surface area contributed by atoms with Gasteiger partial charge < -0.3 is 9.47 Å². The Kier molecular flexibility index (Phi) is 7.53. The van der Waals surface area contributed by atoms with Crippen LogP contribution < -0.4 is 9.47 Å². The normalized spacial score (nSPS) is 11.4. The van der Waals surface area contributed by atoms with Crippen molar-refractivity contribution in [3.05, 3.63) is 109 Å². The van der Waals surface area contributed by atoms with Crippen molar-refractivity contribution in [3.63, 3.8) is 0 Å². The molecule has 0 saturated carbocycles. The lowest BCUT2D eigenvalue weighted by molar-refractivity contribution is 0.242. The van der Waals surface area contributed by atoms with Gasteiger partial charge >= 0.3 is 0 Å². The minimum Gasteiger partial charge on any atom is -0.491 e. The van der Waals surface area contributed by atoms with Crippen molar-refractivity contribution in [1.82, 2.24) is 8.75 Å². The first-order chi connectivity index (χ1) is 19.9. The molecule has 5 heteroatoms. The topological polar surface area (TPSA) is 44.2 Å². The standard InChI is InChI=1S/C36H32N2O2S/c1-23(2)39-31-17-13-27(14-18-31)25-5-9-29(10-6-25)33-21-22-34(36-35(33)37-41-38-36)30-11-7-26(8-12-30)28-15-19-32(20-16-28)40-24(3)4/h5-24H,1-4H3. The number of nitrogens with zero attached hydrogens (tertiary/aromatic N) is 2. The number of ether oxygens (including phenoxy) is 2. The summed E-state index contributed by atoms with van der Waals surface area (Å²) in [7, 11) is 0. The first-order valence-corrected chi connectivity index (χ1v) is 14.7. The second-order valence-corrected chi connectivity index (χ2v) is 11.2. The van der Waals surface area contributed by atoms with Crippen LogP contribution in [0.3, 0.4) is 0 Å². The summed E-state index contributed by atoms with van der Waals surface area (Å²) in [5.41, 5.74) is 10.9. The van der Waals surface area contributed by atoms with Crippen LogP contribution in [-0.2, 0) is 0 Å². The fourth-order valence-corrected chi connectivity index (χ4v) is 5.59. The molecule has 0 atom stereocenters. The predicted molar refractivity (Wildman–Crippen MR) is 171 cm³/mol. The van der Waals surface area contributed by atoms with Gasteiger partial charge in [-0.2, -0.15) is 8.75 Å². The van der Waals surface area contributed by atoms with Crippen LogP contribution in [0.1, 0.15) is 27.7 Å². The van der Waals surface area contributed by atoms with Crippen molar-refractivity contribution >= 4 is 22.8 Å². The number of hydrogen-bond acceptors (Lipinski definition) is 5. The summed E-state index contributed by atoms with van der Waals surface area (Å²) in [5, 5.41) is 0. The molecular weight excluding hydrogens is 524 g/mol. The predicted octanol–water partition coefficient (Wildman–Crippen LogP) is 9.93. The van der Waals surface area contributed by atoms with Crippen LogP contribution in [0.5, 0.6) is 11.5 Å². The van der Waals surface area contributed by atoms with E-state index >= 15 is 0 Å².